The van der Waals surface area contributed by atoms with Crippen molar-refractivity contribution in [2.75, 3.05) is 42.9 Å². The molecule has 4 unspecified atom stereocenters. The summed E-state index contributed by atoms with van der Waals surface area (Å²) in [7, 11) is 0. The summed E-state index contributed by atoms with van der Waals surface area (Å²) in [4.78, 5) is 146. The van der Waals surface area contributed by atoms with Crippen molar-refractivity contribution in [1.82, 2.24) is 29.9 Å². The van der Waals surface area contributed by atoms with E-state index >= 15 is 0 Å². The van der Waals surface area contributed by atoms with Gasteiger partial charge in [0.05, 0.1) is 33.6 Å². The maximum absolute atomic E-state index is 13.2. The van der Waals surface area contributed by atoms with Gasteiger partial charge in [-0.05, 0) is 97.9 Å². The van der Waals surface area contributed by atoms with E-state index in [4.69, 9.17) is 12.2 Å². The smallest absolute Gasteiger partial charge is 0.336 e. The first-order valence-corrected chi connectivity index (χ1v) is 34.0. The molecular weight excluding hydrogens is 1290 g/mol. The fourth-order valence-electron chi connectivity index (χ4n) is 10.2. The first kappa shape index (κ1) is 67.5. The number of aromatic amines is 1. The van der Waals surface area contributed by atoms with Crippen LogP contribution in [0.3, 0.4) is 0 Å². The van der Waals surface area contributed by atoms with Crippen LogP contribution < -0.4 is 29.8 Å². The molecule has 4 fully saturated rings. The van der Waals surface area contributed by atoms with E-state index in [-0.39, 0.29) is 94.8 Å². The molecule has 2 aromatic heterocycles. The van der Waals surface area contributed by atoms with Gasteiger partial charge < -0.3 is 20.3 Å². The molecule has 480 valence electrons. The molecule has 27 heteroatoms. The lowest BCUT2D eigenvalue weighted by molar-refractivity contribution is -0.122. The lowest BCUT2D eigenvalue weighted by Gasteiger charge is -2.23. The third kappa shape index (κ3) is 16.7. The lowest BCUT2D eigenvalue weighted by atomic mass is 10.2. The van der Waals surface area contributed by atoms with Gasteiger partial charge in [0.15, 0.2) is 15.5 Å². The quantitative estimate of drug-likeness (QED) is 0.0420. The van der Waals surface area contributed by atoms with Crippen molar-refractivity contribution in [3.8, 4) is 0 Å². The number of carboxylic acid groups (broad SMARTS) is 1. The van der Waals surface area contributed by atoms with Gasteiger partial charge in [0, 0.05) is 49.4 Å². The number of anilines is 7. The molecule has 0 bridgehead atoms. The van der Waals surface area contributed by atoms with E-state index in [1.165, 1.54) is 37.4 Å². The van der Waals surface area contributed by atoms with E-state index in [0.29, 0.717) is 43.5 Å². The summed E-state index contributed by atoms with van der Waals surface area (Å²) in [6, 6.07) is 51.0. The summed E-state index contributed by atoms with van der Waals surface area (Å²) >= 11 is 9.78. The highest BCUT2D eigenvalue weighted by molar-refractivity contribution is 8.01. The van der Waals surface area contributed by atoms with Crippen LogP contribution in [0.4, 0.5) is 40.3 Å². The second kappa shape index (κ2) is 31.9. The third-order valence-corrected chi connectivity index (χ3v) is 19.3. The van der Waals surface area contributed by atoms with Crippen LogP contribution in [0.25, 0.3) is 0 Å². The topological polar surface area (TPSA) is 282 Å². The number of rotatable bonds is 22. The standard InChI is InChI=1S/C29H22N6O4S2.C21H27N5O2S2.C17H13NO4S/c36-23-16-21(25(38)34(23)19-12-6-2-7-13-19)40-28-31-27(30-18-10-4-1-5-11-18)32-29(33-28)41-22-17-24(37)35(26(22)39)20-14-8-3-9-15-20;1-3-5-12-25(13-6-4-2)19-22-20(29)24-21(23-19)30-16-14-17(27)26(18(16)28)15-10-8-7-9-11-15;19-15-10-14(16(20)18(15)11-6-2-1-3-7-11)23-13-9-5-4-8-12(13)17(21)22/h1-15,21-22H,16-17H2,(H,30,31,32,33);7-11,16H,3-6,12-14H2,1-2H3,(H,22,23,24,29);1-9,14H,10H2,(H,21,22). The number of H-pyrrole nitrogens is 1. The number of hydrogen-bond acceptors (Lipinski definition) is 21. The molecule has 8 amide bonds. The number of carbonyl (C=O) groups is 9. The first-order chi connectivity index (χ1) is 45.6. The van der Waals surface area contributed by atoms with Gasteiger partial charge in [0.1, 0.15) is 15.7 Å². The molecule has 0 saturated carbocycles. The zero-order chi connectivity index (χ0) is 66.3. The zero-order valence-electron chi connectivity index (χ0n) is 50.8. The van der Waals surface area contributed by atoms with Gasteiger partial charge in [-0.3, -0.25) is 38.4 Å². The summed E-state index contributed by atoms with van der Waals surface area (Å²) in [6.07, 6.45) is 4.46. The van der Waals surface area contributed by atoms with E-state index in [1.807, 2.05) is 66.7 Å². The second-order valence-electron chi connectivity index (χ2n) is 21.3. The van der Waals surface area contributed by atoms with Crippen molar-refractivity contribution < 1.29 is 48.3 Å². The fourth-order valence-corrected chi connectivity index (χ4v) is 14.6. The van der Waals surface area contributed by atoms with Gasteiger partial charge in [-0.2, -0.15) is 24.9 Å². The summed E-state index contributed by atoms with van der Waals surface area (Å²) in [6.45, 7) is 6.07. The summed E-state index contributed by atoms with van der Waals surface area (Å²) in [5.74, 6) is -2.51. The number of unbranched alkanes of at least 4 members (excludes halogenated alkanes) is 2. The van der Waals surface area contributed by atoms with E-state index in [0.717, 1.165) is 79.7 Å². The highest BCUT2D eigenvalue weighted by atomic mass is 32.2. The minimum Gasteiger partial charge on any atom is -0.478 e. The highest BCUT2D eigenvalue weighted by Gasteiger charge is 2.44. The van der Waals surface area contributed by atoms with Crippen LogP contribution in [0.1, 0.15) is 75.6 Å². The Bertz CT molecular complexity index is 4040. The summed E-state index contributed by atoms with van der Waals surface area (Å²) in [5, 5.41) is 10.6. The molecule has 94 heavy (non-hydrogen) atoms. The van der Waals surface area contributed by atoms with Gasteiger partial charge in [0.2, 0.25) is 63.9 Å². The van der Waals surface area contributed by atoms with Crippen LogP contribution in [0.15, 0.2) is 196 Å². The van der Waals surface area contributed by atoms with Crippen LogP contribution in [0.2, 0.25) is 0 Å². The van der Waals surface area contributed by atoms with Crippen LogP contribution in [0, 0.1) is 4.77 Å². The Morgan fingerprint density at radius 2 is 0.819 bits per heavy atom. The Kier molecular flexibility index (Phi) is 22.9. The molecule has 0 aliphatic carbocycles. The number of nitrogens with zero attached hydrogens (tertiary/aromatic N) is 10. The summed E-state index contributed by atoms with van der Waals surface area (Å²) in [5.41, 5.74) is 3.02. The normalized spacial score (nSPS) is 17.7. The number of thioether (sulfide) groups is 4. The van der Waals surface area contributed by atoms with Crippen LogP contribution in [-0.2, 0) is 38.4 Å². The van der Waals surface area contributed by atoms with Crippen LogP contribution >= 0.6 is 59.3 Å². The van der Waals surface area contributed by atoms with Crippen molar-refractivity contribution >= 4 is 153 Å². The monoisotopic (exact) mass is 1350 g/mol. The van der Waals surface area contributed by atoms with Crippen molar-refractivity contribution in [1.29, 1.82) is 0 Å². The molecule has 3 N–H and O–H groups in total. The Morgan fingerprint density at radius 3 is 1.19 bits per heavy atom. The first-order valence-electron chi connectivity index (χ1n) is 30.0. The highest BCUT2D eigenvalue weighted by Crippen LogP contribution is 2.39. The van der Waals surface area contributed by atoms with Gasteiger partial charge >= 0.3 is 5.97 Å². The number of carbonyl (C=O) groups excluding carboxylic acids is 8. The minimum atomic E-state index is -1.05. The maximum atomic E-state index is 13.2. The summed E-state index contributed by atoms with van der Waals surface area (Å²) < 4.78 is 0.331. The second-order valence-corrected chi connectivity index (χ2v) is 26.5. The number of nitrogens with one attached hydrogen (secondary N) is 2. The van der Waals surface area contributed by atoms with E-state index < -0.39 is 27.0 Å². The lowest BCUT2D eigenvalue weighted by Crippen LogP contribution is -2.31. The molecule has 6 aromatic carbocycles. The Labute approximate surface area is 563 Å². The largest absolute Gasteiger partial charge is 0.478 e. The predicted octanol–water partition coefficient (Wildman–Crippen LogP) is 11.6. The molecule has 4 aliphatic heterocycles. The third-order valence-electron chi connectivity index (χ3n) is 14.7. The molecule has 4 aliphatic rings. The van der Waals surface area contributed by atoms with E-state index in [2.05, 4.69) is 54.0 Å². The molecular formula is C67H62N12O10S5. The number of imide groups is 4. The molecule has 12 rings (SSSR count). The predicted molar refractivity (Wildman–Crippen MR) is 365 cm³/mol. The molecule has 4 atom stereocenters. The SMILES string of the molecule is CCCCN(CCCC)c1nc(SC2CC(=O)N(c3ccccc3)C2=O)nc(=S)[nH]1.O=C(O)c1ccccc1SC1CC(=O)N(c2ccccc2)C1=O.O=C1CC(Sc2nc(Nc3ccccc3)nc(SC3CC(=O)N(c4ccccc4)C3=O)n2)C(=O)N1c1ccccc1. The van der Waals surface area contributed by atoms with Crippen LogP contribution in [0.5, 0.6) is 0 Å². The number of aromatic carboxylic acids is 1. The van der Waals surface area contributed by atoms with Crippen molar-refractivity contribution in [2.24, 2.45) is 0 Å². The number of aromatic nitrogens is 6. The molecule has 22 nitrogen and oxygen atoms in total. The Hall–Kier alpha value is -9.41. The minimum absolute atomic E-state index is 0.00432. The Balaban J connectivity index is 0.000000161. The van der Waals surface area contributed by atoms with Crippen molar-refractivity contribution in [2.45, 2.75) is 107 Å². The molecule has 4 saturated heterocycles. The average molecular weight is 1360 g/mol. The van der Waals surface area contributed by atoms with E-state index in [9.17, 15) is 48.3 Å². The molecule has 8 aromatic rings. The number of amides is 8. The zero-order valence-corrected chi connectivity index (χ0v) is 54.8. The van der Waals surface area contributed by atoms with E-state index in [1.54, 1.807) is 103 Å². The van der Waals surface area contributed by atoms with Gasteiger partial charge in [-0.1, -0.05) is 165 Å². The number of para-hydroxylation sites is 5. The molecule has 0 spiro atoms. The Morgan fingerprint density at radius 1 is 0.479 bits per heavy atom. The molecule has 6 heterocycles. The average Bonchev–Trinajstić information content (AvgIpc) is 1.65. The van der Waals surface area contributed by atoms with Crippen molar-refractivity contribution in [3.05, 3.63) is 186 Å². The fraction of sp³-hybridized carbons (Fsp3) is 0.239. The number of hydrogen-bond donors (Lipinski definition) is 3. The van der Waals surface area contributed by atoms with Gasteiger partial charge in [-0.25, -0.2) is 24.4 Å². The van der Waals surface area contributed by atoms with Crippen molar-refractivity contribution in [3.63, 3.8) is 0 Å². The maximum Gasteiger partial charge on any atom is 0.336 e. The number of carboxylic acids is 1. The van der Waals surface area contributed by atoms with Crippen LogP contribution in [-0.4, -0.2) is 122 Å². The van der Waals surface area contributed by atoms with Gasteiger partial charge in [0.25, 0.3) is 0 Å². The molecule has 0 radical (unpaired) electrons. The van der Waals surface area contributed by atoms with Gasteiger partial charge in [-0.15, -0.1) is 11.8 Å². The number of benzene rings is 6.